The molecule has 0 unspecified atom stereocenters. The van der Waals surface area contributed by atoms with Crippen LogP contribution in [0.1, 0.15) is 25.3 Å². The Balaban J connectivity index is 1.87. The molecule has 0 N–H and O–H groups in total. The molecule has 80 valence electrons. The van der Waals surface area contributed by atoms with Crippen LogP contribution >= 0.6 is 11.8 Å². The second-order valence-electron chi connectivity index (χ2n) is 4.53. The van der Waals surface area contributed by atoms with Gasteiger partial charge in [0.25, 0.3) is 0 Å². The lowest BCUT2D eigenvalue weighted by Gasteiger charge is -2.03. The standard InChI is InChI=1S/C14H18S/c1-11(2)9-12-5-7-14(8-6-12)15-10-13-3-4-13/h5-8,13H,1,3-4,9-10H2,2H3. The molecule has 0 atom stereocenters. The highest BCUT2D eigenvalue weighted by Gasteiger charge is 2.20. The molecule has 0 aromatic heterocycles. The molecule has 1 aliphatic rings. The molecule has 0 radical (unpaired) electrons. The Morgan fingerprint density at radius 2 is 2.00 bits per heavy atom. The van der Waals surface area contributed by atoms with Gasteiger partial charge in [-0.15, -0.1) is 11.8 Å². The van der Waals surface area contributed by atoms with Gasteiger partial charge < -0.3 is 0 Å². The summed E-state index contributed by atoms with van der Waals surface area (Å²) in [5, 5.41) is 0. The van der Waals surface area contributed by atoms with Crippen molar-refractivity contribution in [3.05, 3.63) is 42.0 Å². The average molecular weight is 218 g/mol. The topological polar surface area (TPSA) is 0 Å². The first-order valence-corrected chi connectivity index (χ1v) is 6.59. The van der Waals surface area contributed by atoms with Gasteiger partial charge in [0.15, 0.2) is 0 Å². The van der Waals surface area contributed by atoms with Crippen molar-refractivity contribution < 1.29 is 0 Å². The van der Waals surface area contributed by atoms with E-state index in [-0.39, 0.29) is 0 Å². The third kappa shape index (κ3) is 3.75. The molecule has 0 saturated heterocycles. The molecule has 1 aromatic carbocycles. The fourth-order valence-corrected chi connectivity index (χ4v) is 2.64. The number of rotatable bonds is 5. The van der Waals surface area contributed by atoms with Crippen LogP contribution in [-0.4, -0.2) is 5.75 Å². The number of benzene rings is 1. The van der Waals surface area contributed by atoms with E-state index in [1.807, 2.05) is 11.8 Å². The van der Waals surface area contributed by atoms with Crippen LogP contribution in [0.4, 0.5) is 0 Å². The van der Waals surface area contributed by atoms with Crippen molar-refractivity contribution in [2.75, 3.05) is 5.75 Å². The second kappa shape index (κ2) is 4.89. The number of thioether (sulfide) groups is 1. The van der Waals surface area contributed by atoms with Crippen LogP contribution < -0.4 is 0 Å². The van der Waals surface area contributed by atoms with Gasteiger partial charge in [0.1, 0.15) is 0 Å². The summed E-state index contributed by atoms with van der Waals surface area (Å²) in [6.45, 7) is 6.01. The van der Waals surface area contributed by atoms with Crippen LogP contribution in [0, 0.1) is 5.92 Å². The lowest BCUT2D eigenvalue weighted by atomic mass is 10.1. The molecule has 0 amide bonds. The zero-order valence-electron chi connectivity index (χ0n) is 9.33. The molecule has 0 nitrogen and oxygen atoms in total. The third-order valence-corrected chi connectivity index (χ3v) is 3.86. The van der Waals surface area contributed by atoms with Gasteiger partial charge in [-0.3, -0.25) is 0 Å². The Morgan fingerprint density at radius 1 is 1.33 bits per heavy atom. The summed E-state index contributed by atoms with van der Waals surface area (Å²) >= 11 is 2.00. The van der Waals surface area contributed by atoms with Crippen LogP contribution in [-0.2, 0) is 6.42 Å². The number of hydrogen-bond acceptors (Lipinski definition) is 1. The number of hydrogen-bond donors (Lipinski definition) is 0. The molecule has 0 aliphatic heterocycles. The smallest absolute Gasteiger partial charge is 0.00722 e. The van der Waals surface area contributed by atoms with Gasteiger partial charge in [-0.1, -0.05) is 24.3 Å². The largest absolute Gasteiger partial charge is 0.126 e. The summed E-state index contributed by atoms with van der Waals surface area (Å²) in [6, 6.07) is 8.93. The van der Waals surface area contributed by atoms with Gasteiger partial charge >= 0.3 is 0 Å². The Morgan fingerprint density at radius 3 is 2.53 bits per heavy atom. The van der Waals surface area contributed by atoms with Crippen LogP contribution in [0.2, 0.25) is 0 Å². The summed E-state index contributed by atoms with van der Waals surface area (Å²) in [5.41, 5.74) is 2.60. The molecule has 0 bridgehead atoms. The van der Waals surface area contributed by atoms with Crippen molar-refractivity contribution >= 4 is 11.8 Å². The summed E-state index contributed by atoms with van der Waals surface area (Å²) in [4.78, 5) is 1.41. The number of allylic oxidation sites excluding steroid dienone is 1. The maximum atomic E-state index is 3.94. The van der Waals surface area contributed by atoms with E-state index in [2.05, 4.69) is 37.8 Å². The fraction of sp³-hybridized carbons (Fsp3) is 0.429. The van der Waals surface area contributed by atoms with Gasteiger partial charge in [0.2, 0.25) is 0 Å². The Hall–Kier alpha value is -0.690. The maximum absolute atomic E-state index is 3.94. The summed E-state index contributed by atoms with van der Waals surface area (Å²) in [6.07, 6.45) is 3.90. The lowest BCUT2D eigenvalue weighted by molar-refractivity contribution is 1.000. The van der Waals surface area contributed by atoms with Crippen LogP contribution in [0.15, 0.2) is 41.3 Å². The van der Waals surface area contributed by atoms with E-state index in [9.17, 15) is 0 Å². The quantitative estimate of drug-likeness (QED) is 0.524. The zero-order chi connectivity index (χ0) is 10.7. The van der Waals surface area contributed by atoms with Crippen molar-refractivity contribution in [1.82, 2.24) is 0 Å². The van der Waals surface area contributed by atoms with E-state index in [1.54, 1.807) is 0 Å². The SMILES string of the molecule is C=C(C)Cc1ccc(SCC2CC2)cc1. The maximum Gasteiger partial charge on any atom is 0.00722 e. The van der Waals surface area contributed by atoms with Crippen molar-refractivity contribution in [2.24, 2.45) is 5.92 Å². The predicted octanol–water partition coefficient (Wildman–Crippen LogP) is 4.31. The molecule has 0 spiro atoms. The highest BCUT2D eigenvalue weighted by molar-refractivity contribution is 7.99. The third-order valence-electron chi connectivity index (χ3n) is 2.61. The minimum absolute atomic E-state index is 1.00. The molecule has 1 aromatic rings. The van der Waals surface area contributed by atoms with E-state index in [0.717, 1.165) is 12.3 Å². The van der Waals surface area contributed by atoms with Gasteiger partial charge in [-0.2, -0.15) is 0 Å². The van der Waals surface area contributed by atoms with Gasteiger partial charge in [-0.05, 0) is 49.8 Å². The highest BCUT2D eigenvalue weighted by atomic mass is 32.2. The minimum atomic E-state index is 1.00. The van der Waals surface area contributed by atoms with Gasteiger partial charge in [-0.25, -0.2) is 0 Å². The predicted molar refractivity (Wildman–Crippen MR) is 68.4 cm³/mol. The Bertz CT molecular complexity index is 333. The average Bonchev–Trinajstić information content (AvgIpc) is 2.99. The molecule has 1 aliphatic carbocycles. The van der Waals surface area contributed by atoms with Crippen LogP contribution in [0.3, 0.4) is 0 Å². The molecular formula is C14H18S. The van der Waals surface area contributed by atoms with Crippen molar-refractivity contribution in [3.8, 4) is 0 Å². The van der Waals surface area contributed by atoms with Crippen molar-refractivity contribution in [1.29, 1.82) is 0 Å². The first-order chi connectivity index (χ1) is 7.24. The molecule has 15 heavy (non-hydrogen) atoms. The van der Waals surface area contributed by atoms with Crippen LogP contribution in [0.5, 0.6) is 0 Å². The molecule has 2 rings (SSSR count). The molecule has 1 saturated carbocycles. The molecule has 0 heterocycles. The summed E-state index contributed by atoms with van der Waals surface area (Å²) in [5.74, 6) is 2.31. The van der Waals surface area contributed by atoms with E-state index < -0.39 is 0 Å². The fourth-order valence-electron chi connectivity index (χ4n) is 1.55. The van der Waals surface area contributed by atoms with E-state index >= 15 is 0 Å². The monoisotopic (exact) mass is 218 g/mol. The lowest BCUT2D eigenvalue weighted by Crippen LogP contribution is -1.86. The van der Waals surface area contributed by atoms with E-state index in [4.69, 9.17) is 0 Å². The van der Waals surface area contributed by atoms with Crippen LogP contribution in [0.25, 0.3) is 0 Å². The molecule has 1 fully saturated rings. The van der Waals surface area contributed by atoms with Gasteiger partial charge in [0, 0.05) is 10.6 Å². The summed E-state index contributed by atoms with van der Waals surface area (Å²) in [7, 11) is 0. The molecular weight excluding hydrogens is 200 g/mol. The van der Waals surface area contributed by atoms with Crippen molar-refractivity contribution in [2.45, 2.75) is 31.1 Å². The Kier molecular flexibility index (Phi) is 3.53. The first-order valence-electron chi connectivity index (χ1n) is 5.60. The summed E-state index contributed by atoms with van der Waals surface area (Å²) < 4.78 is 0. The van der Waals surface area contributed by atoms with E-state index in [0.29, 0.717) is 0 Å². The van der Waals surface area contributed by atoms with E-state index in [1.165, 1.54) is 34.6 Å². The second-order valence-corrected chi connectivity index (χ2v) is 5.63. The Labute approximate surface area is 96.8 Å². The molecule has 1 heteroatoms. The van der Waals surface area contributed by atoms with Gasteiger partial charge in [0.05, 0.1) is 0 Å². The normalized spacial score (nSPS) is 15.3. The zero-order valence-corrected chi connectivity index (χ0v) is 10.1. The van der Waals surface area contributed by atoms with Crippen molar-refractivity contribution in [3.63, 3.8) is 0 Å². The minimum Gasteiger partial charge on any atom is -0.126 e. The highest BCUT2D eigenvalue weighted by Crippen LogP contribution is 2.35. The first kappa shape index (κ1) is 10.8.